The number of benzene rings is 1. The van der Waals surface area contributed by atoms with Crippen LogP contribution in [0.5, 0.6) is 0 Å². The molecular formula is C12H8Cl2N2O3S. The van der Waals surface area contributed by atoms with Crippen LogP contribution in [0.4, 0.5) is 5.13 Å². The van der Waals surface area contributed by atoms with E-state index in [1.807, 2.05) is 0 Å². The molecule has 0 saturated heterocycles. The summed E-state index contributed by atoms with van der Waals surface area (Å²) < 4.78 is 4.86. The lowest BCUT2D eigenvalue weighted by molar-refractivity contribution is -0.119. The Kier molecular flexibility index (Phi) is 4.94. The van der Waals surface area contributed by atoms with Gasteiger partial charge in [0.05, 0.1) is 15.6 Å². The number of amides is 1. The first-order chi connectivity index (χ1) is 9.56. The second-order valence-corrected chi connectivity index (χ2v) is 5.30. The number of hydrogen-bond acceptors (Lipinski definition) is 5. The minimum Gasteiger partial charge on any atom is -0.452 e. The molecule has 1 heterocycles. The molecule has 1 aromatic carbocycles. The number of carbonyl (C=O) groups excluding carboxylic acids is 2. The molecule has 0 fully saturated rings. The van der Waals surface area contributed by atoms with E-state index in [0.717, 1.165) is 0 Å². The van der Waals surface area contributed by atoms with Gasteiger partial charge in [-0.2, -0.15) is 0 Å². The maximum atomic E-state index is 11.7. The first-order valence-electron chi connectivity index (χ1n) is 5.38. The van der Waals surface area contributed by atoms with Crippen molar-refractivity contribution in [1.29, 1.82) is 0 Å². The summed E-state index contributed by atoms with van der Waals surface area (Å²) in [5.74, 6) is -1.12. The minimum atomic E-state index is -0.655. The van der Waals surface area contributed by atoms with Crippen molar-refractivity contribution in [2.45, 2.75) is 0 Å². The Bertz CT molecular complexity index is 632. The lowest BCUT2D eigenvalue weighted by atomic mass is 10.2. The number of nitrogens with one attached hydrogen (secondary N) is 1. The van der Waals surface area contributed by atoms with E-state index in [1.165, 1.54) is 29.5 Å². The summed E-state index contributed by atoms with van der Waals surface area (Å²) in [6.45, 7) is -0.404. The van der Waals surface area contributed by atoms with Crippen LogP contribution in [0.15, 0.2) is 29.8 Å². The molecule has 104 valence electrons. The van der Waals surface area contributed by atoms with Gasteiger partial charge in [0.15, 0.2) is 11.7 Å². The van der Waals surface area contributed by atoms with Crippen LogP contribution in [-0.4, -0.2) is 23.5 Å². The molecule has 0 radical (unpaired) electrons. The van der Waals surface area contributed by atoms with E-state index in [4.69, 9.17) is 27.9 Å². The van der Waals surface area contributed by atoms with E-state index in [2.05, 4.69) is 10.3 Å². The summed E-state index contributed by atoms with van der Waals surface area (Å²) in [6.07, 6.45) is 1.56. The molecule has 1 amide bonds. The number of esters is 1. The summed E-state index contributed by atoms with van der Waals surface area (Å²) in [6, 6.07) is 4.33. The summed E-state index contributed by atoms with van der Waals surface area (Å²) in [4.78, 5) is 27.1. The molecule has 0 aliphatic rings. The van der Waals surface area contributed by atoms with E-state index in [1.54, 1.807) is 11.6 Å². The predicted molar refractivity (Wildman–Crippen MR) is 77.5 cm³/mol. The van der Waals surface area contributed by atoms with Crippen molar-refractivity contribution < 1.29 is 14.3 Å². The van der Waals surface area contributed by atoms with Crippen LogP contribution in [0.3, 0.4) is 0 Å². The average molecular weight is 331 g/mol. The van der Waals surface area contributed by atoms with E-state index in [-0.39, 0.29) is 10.6 Å². The zero-order valence-corrected chi connectivity index (χ0v) is 12.3. The molecule has 0 aliphatic heterocycles. The number of carbonyl (C=O) groups is 2. The van der Waals surface area contributed by atoms with Crippen molar-refractivity contribution in [3.63, 3.8) is 0 Å². The van der Waals surface area contributed by atoms with Crippen LogP contribution in [0.1, 0.15) is 10.4 Å². The van der Waals surface area contributed by atoms with Gasteiger partial charge in [-0.05, 0) is 18.2 Å². The highest BCUT2D eigenvalue weighted by Gasteiger charge is 2.12. The summed E-state index contributed by atoms with van der Waals surface area (Å²) in [5.41, 5.74) is 0.224. The van der Waals surface area contributed by atoms with Crippen LogP contribution in [0, 0.1) is 0 Å². The number of thiazole rings is 1. The lowest BCUT2D eigenvalue weighted by Crippen LogP contribution is -2.20. The van der Waals surface area contributed by atoms with E-state index >= 15 is 0 Å². The van der Waals surface area contributed by atoms with E-state index in [0.29, 0.717) is 10.2 Å². The van der Waals surface area contributed by atoms with Gasteiger partial charge in [-0.1, -0.05) is 23.2 Å². The van der Waals surface area contributed by atoms with E-state index in [9.17, 15) is 9.59 Å². The molecule has 0 saturated carbocycles. The highest BCUT2D eigenvalue weighted by Crippen LogP contribution is 2.22. The number of rotatable bonds is 4. The highest BCUT2D eigenvalue weighted by molar-refractivity contribution is 7.13. The van der Waals surface area contributed by atoms with E-state index < -0.39 is 18.5 Å². The lowest BCUT2D eigenvalue weighted by Gasteiger charge is -2.05. The number of hydrogen-bond donors (Lipinski definition) is 1. The molecule has 1 N–H and O–H groups in total. The third kappa shape index (κ3) is 3.93. The van der Waals surface area contributed by atoms with Crippen molar-refractivity contribution >= 4 is 51.5 Å². The van der Waals surface area contributed by atoms with Crippen molar-refractivity contribution in [2.24, 2.45) is 0 Å². The topological polar surface area (TPSA) is 68.3 Å². The van der Waals surface area contributed by atoms with Gasteiger partial charge in [0, 0.05) is 11.6 Å². The molecule has 8 heteroatoms. The fraction of sp³-hybridized carbons (Fsp3) is 0.0833. The van der Waals surface area contributed by atoms with Gasteiger partial charge < -0.3 is 4.74 Å². The Morgan fingerprint density at radius 3 is 2.75 bits per heavy atom. The van der Waals surface area contributed by atoms with Crippen LogP contribution in [0.2, 0.25) is 10.0 Å². The molecule has 0 spiro atoms. The second-order valence-electron chi connectivity index (χ2n) is 3.59. The quantitative estimate of drug-likeness (QED) is 0.874. The van der Waals surface area contributed by atoms with Gasteiger partial charge in [0.25, 0.3) is 5.91 Å². The zero-order valence-electron chi connectivity index (χ0n) is 9.93. The molecule has 1 aromatic heterocycles. The van der Waals surface area contributed by atoms with Gasteiger partial charge >= 0.3 is 5.97 Å². The normalized spacial score (nSPS) is 10.1. The van der Waals surface area contributed by atoms with Crippen molar-refractivity contribution in [2.75, 3.05) is 11.9 Å². The monoisotopic (exact) mass is 330 g/mol. The first kappa shape index (κ1) is 14.8. The van der Waals surface area contributed by atoms with Crippen molar-refractivity contribution in [3.8, 4) is 0 Å². The van der Waals surface area contributed by atoms with Crippen LogP contribution in [-0.2, 0) is 9.53 Å². The molecule has 20 heavy (non-hydrogen) atoms. The standard InChI is InChI=1S/C12H8Cl2N2O3S/c13-8-2-1-7(5-9(8)14)11(18)19-6-10(17)16-12-15-3-4-20-12/h1-5H,6H2,(H,15,16,17). The second kappa shape index (κ2) is 6.69. The largest absolute Gasteiger partial charge is 0.452 e. The molecule has 0 aliphatic carbocycles. The molecule has 2 rings (SSSR count). The summed E-state index contributed by atoms with van der Waals surface area (Å²) in [7, 11) is 0. The van der Waals surface area contributed by atoms with Gasteiger partial charge in [0.2, 0.25) is 0 Å². The van der Waals surface area contributed by atoms with Gasteiger partial charge in [0.1, 0.15) is 0 Å². The van der Waals surface area contributed by atoms with Gasteiger partial charge in [-0.3, -0.25) is 10.1 Å². The number of aromatic nitrogens is 1. The van der Waals surface area contributed by atoms with Crippen molar-refractivity contribution in [1.82, 2.24) is 4.98 Å². The third-order valence-corrected chi connectivity index (χ3v) is 3.60. The number of halogens is 2. The summed E-state index contributed by atoms with van der Waals surface area (Å²) >= 11 is 12.8. The van der Waals surface area contributed by atoms with Crippen LogP contribution >= 0.6 is 34.5 Å². The average Bonchev–Trinajstić information content (AvgIpc) is 2.92. The Morgan fingerprint density at radius 1 is 1.30 bits per heavy atom. The van der Waals surface area contributed by atoms with Gasteiger partial charge in [-0.15, -0.1) is 11.3 Å². The maximum Gasteiger partial charge on any atom is 0.338 e. The predicted octanol–water partition coefficient (Wildman–Crippen LogP) is 3.25. The third-order valence-electron chi connectivity index (χ3n) is 2.17. The molecule has 0 unspecified atom stereocenters. The molecule has 2 aromatic rings. The zero-order chi connectivity index (χ0) is 14.5. The van der Waals surface area contributed by atoms with Crippen LogP contribution < -0.4 is 5.32 Å². The molecular weight excluding hydrogens is 323 g/mol. The summed E-state index contributed by atoms with van der Waals surface area (Å²) in [5, 5.41) is 5.24. The highest BCUT2D eigenvalue weighted by atomic mass is 35.5. The number of ether oxygens (including phenoxy) is 1. The fourth-order valence-corrected chi connectivity index (χ4v) is 2.12. The van der Waals surface area contributed by atoms with Crippen molar-refractivity contribution in [3.05, 3.63) is 45.4 Å². The molecule has 0 bridgehead atoms. The number of anilines is 1. The fourth-order valence-electron chi connectivity index (χ4n) is 1.28. The Morgan fingerprint density at radius 2 is 2.10 bits per heavy atom. The SMILES string of the molecule is O=C(COC(=O)c1ccc(Cl)c(Cl)c1)Nc1nccs1. The molecule has 0 atom stereocenters. The number of nitrogens with zero attached hydrogens (tertiary/aromatic N) is 1. The minimum absolute atomic E-state index is 0.224. The van der Waals surface area contributed by atoms with Gasteiger partial charge in [-0.25, -0.2) is 9.78 Å². The first-order valence-corrected chi connectivity index (χ1v) is 7.01. The Labute approximate surface area is 128 Å². The Balaban J connectivity index is 1.88. The Hall–Kier alpha value is -1.63. The maximum absolute atomic E-state index is 11.7. The molecule has 5 nitrogen and oxygen atoms in total. The van der Waals surface area contributed by atoms with Crippen LogP contribution in [0.25, 0.3) is 0 Å². The smallest absolute Gasteiger partial charge is 0.338 e.